The van der Waals surface area contributed by atoms with Crippen molar-refractivity contribution in [3.05, 3.63) is 133 Å². The number of halogens is 9. The lowest BCUT2D eigenvalue weighted by Gasteiger charge is -2.41. The lowest BCUT2D eigenvalue weighted by atomic mass is 9.98. The van der Waals surface area contributed by atoms with Gasteiger partial charge in [-0.05, 0) is 158 Å². The summed E-state index contributed by atoms with van der Waals surface area (Å²) in [5.41, 5.74) is -0.771. The molecule has 0 radical (unpaired) electrons. The average molecular weight is 913 g/mol. The van der Waals surface area contributed by atoms with E-state index < -0.39 is 54.9 Å². The summed E-state index contributed by atoms with van der Waals surface area (Å²) in [5, 5.41) is -3.38. The van der Waals surface area contributed by atoms with Crippen LogP contribution in [0.1, 0.15) is 47.1 Å². The largest absolute Gasteiger partial charge is 0.489 e. The molecule has 0 spiro atoms. The van der Waals surface area contributed by atoms with Crippen molar-refractivity contribution in [1.29, 1.82) is 0 Å². The molecule has 6 aromatic carbocycles. The predicted molar refractivity (Wildman–Crippen MR) is 219 cm³/mol. The molecule has 0 amide bonds. The fourth-order valence-corrected chi connectivity index (χ4v) is 11.6. The van der Waals surface area contributed by atoms with E-state index >= 15 is 8.78 Å². The van der Waals surface area contributed by atoms with Crippen molar-refractivity contribution >= 4 is 42.0 Å². The summed E-state index contributed by atoms with van der Waals surface area (Å²) in [5.74, 6) is -14.6. The molecule has 17 heteroatoms. The van der Waals surface area contributed by atoms with E-state index in [-0.39, 0.29) is 38.5 Å². The normalized spacial score (nSPS) is 13.9. The maximum Gasteiger partial charge on any atom is 0.460 e. The predicted octanol–water partition coefficient (Wildman–Crippen LogP) is 13.9. The molecule has 0 aromatic heterocycles. The summed E-state index contributed by atoms with van der Waals surface area (Å²) < 4.78 is 179. The zero-order valence-corrected chi connectivity index (χ0v) is 35.6. The van der Waals surface area contributed by atoms with Gasteiger partial charge in [0.05, 0.1) is 0 Å². The van der Waals surface area contributed by atoms with Crippen LogP contribution in [-0.2, 0) is 20.4 Å². The maximum atomic E-state index is 15.6. The number of hydrogen-bond donors (Lipinski definition) is 0. The maximum absolute atomic E-state index is 15.6. The van der Waals surface area contributed by atoms with Gasteiger partial charge in [-0.2, -0.15) is 47.9 Å². The van der Waals surface area contributed by atoms with E-state index in [1.165, 1.54) is 72.8 Å². The SMILES string of the molecule is CC(C)(C)Oc1ccc(S(OS(=O)(=O)C(F)(F)C(F)(F)C(F)(F)C(F)(F)F)(c2ccc(OCc3cc4ccccc4c4ccccc34)cc2)c2ccc(OC(C)(C)C)cc2)cc1. The van der Waals surface area contributed by atoms with Gasteiger partial charge in [-0.1, -0.05) is 48.5 Å². The smallest absolute Gasteiger partial charge is 0.460 e. The molecule has 0 heterocycles. The zero-order valence-electron chi connectivity index (χ0n) is 34.0. The molecular weight excluding hydrogens is 872 g/mol. The summed E-state index contributed by atoms with van der Waals surface area (Å²) in [6.45, 7) is 10.2. The van der Waals surface area contributed by atoms with Crippen molar-refractivity contribution in [1.82, 2.24) is 0 Å². The number of ether oxygens (including phenoxy) is 3. The van der Waals surface area contributed by atoms with E-state index in [2.05, 4.69) is 0 Å². The Morgan fingerprint density at radius 1 is 0.484 bits per heavy atom. The third-order valence-electron chi connectivity index (χ3n) is 9.18. The summed E-state index contributed by atoms with van der Waals surface area (Å²) in [7, 11) is -11.8. The van der Waals surface area contributed by atoms with Crippen LogP contribution in [0, 0.1) is 0 Å². The number of fused-ring (bicyclic) bond motifs is 3. The lowest BCUT2D eigenvalue weighted by molar-refractivity contribution is -0.382. The number of rotatable bonds is 13. The lowest BCUT2D eigenvalue weighted by Crippen LogP contribution is -2.63. The first-order valence-electron chi connectivity index (χ1n) is 18.8. The standard InChI is InChI=1S/C45H41F9O6S2/c1-40(2,3)58-32-17-23-35(24-18-32)61(36-25-19-33(20-26-36)59-41(4,5)6,60-62(55,56)45(53,54)43(48,49)42(46,47)44(50,51)52)34-21-15-31(16-22-34)57-28-30-27-29-11-7-8-12-37(29)39-14-10-9-13-38(30)39/h7-27H,28H2,1-6H3. The number of hydrogen-bond acceptors (Lipinski definition) is 6. The van der Waals surface area contributed by atoms with Crippen molar-refractivity contribution in [3.8, 4) is 17.2 Å². The highest BCUT2D eigenvalue weighted by molar-refractivity contribution is 8.33. The second kappa shape index (κ2) is 16.2. The van der Waals surface area contributed by atoms with Gasteiger partial charge in [-0.3, -0.25) is 0 Å². The van der Waals surface area contributed by atoms with Crippen molar-refractivity contribution < 1.29 is 65.8 Å². The second-order valence-corrected chi connectivity index (χ2v) is 20.7. The Kier molecular flexibility index (Phi) is 12.1. The molecule has 0 aliphatic carbocycles. The van der Waals surface area contributed by atoms with Crippen molar-refractivity contribution in [3.63, 3.8) is 0 Å². The van der Waals surface area contributed by atoms with E-state index in [1.54, 1.807) is 41.5 Å². The first-order chi connectivity index (χ1) is 28.6. The van der Waals surface area contributed by atoms with Crippen LogP contribution in [0.2, 0.25) is 0 Å². The molecule has 0 fully saturated rings. The first-order valence-corrected chi connectivity index (χ1v) is 21.8. The molecule has 0 bridgehead atoms. The Balaban J connectivity index is 1.52. The molecule has 0 atom stereocenters. The zero-order chi connectivity index (χ0) is 45.7. The average Bonchev–Trinajstić information content (AvgIpc) is 3.18. The van der Waals surface area contributed by atoms with Gasteiger partial charge in [0.2, 0.25) is 0 Å². The molecule has 6 rings (SSSR count). The van der Waals surface area contributed by atoms with Gasteiger partial charge in [-0.15, -0.1) is 0 Å². The Labute approximate surface area is 354 Å². The Hall–Kier alpha value is -5.13. The van der Waals surface area contributed by atoms with Crippen molar-refractivity contribution in [2.45, 2.75) is 97.3 Å². The summed E-state index contributed by atoms with van der Waals surface area (Å²) in [6, 6.07) is 32.2. The van der Waals surface area contributed by atoms with Crippen molar-refractivity contribution in [2.75, 3.05) is 0 Å². The van der Waals surface area contributed by atoms with E-state index in [0.717, 1.165) is 27.1 Å². The molecule has 62 heavy (non-hydrogen) atoms. The summed E-state index contributed by atoms with van der Waals surface area (Å²) in [6.07, 6.45) is -7.29. The monoisotopic (exact) mass is 912 g/mol. The fourth-order valence-electron chi connectivity index (χ4n) is 6.47. The fraction of sp³-hybridized carbons (Fsp3) is 0.289. The Morgan fingerprint density at radius 2 is 0.887 bits per heavy atom. The molecular formula is C45H41F9O6S2. The third-order valence-corrected chi connectivity index (χ3v) is 14.4. The molecule has 0 unspecified atom stereocenters. The van der Waals surface area contributed by atoms with Crippen LogP contribution in [-0.4, -0.2) is 42.9 Å². The third kappa shape index (κ3) is 8.89. The quantitative estimate of drug-likeness (QED) is 0.0849. The van der Waals surface area contributed by atoms with E-state index in [0.29, 0.717) is 0 Å². The van der Waals surface area contributed by atoms with Crippen LogP contribution in [0.15, 0.2) is 142 Å². The molecule has 6 aromatic rings. The van der Waals surface area contributed by atoms with Crippen LogP contribution in [0.4, 0.5) is 39.5 Å². The van der Waals surface area contributed by atoms with E-state index in [1.807, 2.05) is 54.6 Å². The number of benzene rings is 6. The van der Waals surface area contributed by atoms with Crippen LogP contribution >= 0.6 is 10.3 Å². The Bertz CT molecular complexity index is 2600. The minimum atomic E-state index is -7.55. The van der Waals surface area contributed by atoms with Crippen LogP contribution < -0.4 is 14.2 Å². The van der Waals surface area contributed by atoms with Gasteiger partial charge < -0.3 is 14.2 Å². The van der Waals surface area contributed by atoms with E-state index in [4.69, 9.17) is 17.8 Å². The highest BCUT2D eigenvalue weighted by atomic mass is 32.3. The van der Waals surface area contributed by atoms with Crippen molar-refractivity contribution in [2.24, 2.45) is 0 Å². The minimum Gasteiger partial charge on any atom is -0.489 e. The molecule has 0 saturated carbocycles. The Morgan fingerprint density at radius 3 is 1.32 bits per heavy atom. The molecule has 0 N–H and O–H groups in total. The van der Waals surface area contributed by atoms with Crippen LogP contribution in [0.5, 0.6) is 17.2 Å². The highest BCUT2D eigenvalue weighted by Gasteiger charge is 2.86. The summed E-state index contributed by atoms with van der Waals surface area (Å²) in [4.78, 5) is -0.866. The van der Waals surface area contributed by atoms with Crippen LogP contribution in [0.3, 0.4) is 0 Å². The number of alkyl halides is 9. The van der Waals surface area contributed by atoms with Gasteiger partial charge in [-0.25, -0.2) is 3.63 Å². The van der Waals surface area contributed by atoms with E-state index in [9.17, 15) is 39.2 Å². The highest BCUT2D eigenvalue weighted by Crippen LogP contribution is 2.72. The van der Waals surface area contributed by atoms with Gasteiger partial charge in [0, 0.05) is 14.7 Å². The molecule has 6 nitrogen and oxygen atoms in total. The molecule has 0 saturated heterocycles. The van der Waals surface area contributed by atoms with Gasteiger partial charge >= 0.3 is 33.4 Å². The topological polar surface area (TPSA) is 71.1 Å². The van der Waals surface area contributed by atoms with Gasteiger partial charge in [0.1, 0.15) is 35.1 Å². The van der Waals surface area contributed by atoms with Gasteiger partial charge in [0.15, 0.2) is 0 Å². The molecule has 0 aliphatic heterocycles. The minimum absolute atomic E-state index is 0.00672. The second-order valence-electron chi connectivity index (χ2n) is 16.2. The first kappa shape index (κ1) is 46.4. The summed E-state index contributed by atoms with van der Waals surface area (Å²) >= 11 is 0. The molecule has 332 valence electrons. The molecule has 0 aliphatic rings. The van der Waals surface area contributed by atoms with Crippen LogP contribution in [0.25, 0.3) is 21.5 Å². The van der Waals surface area contributed by atoms with Gasteiger partial charge in [0.25, 0.3) is 0 Å².